The lowest BCUT2D eigenvalue weighted by Crippen LogP contribution is -2.40. The third-order valence-electron chi connectivity index (χ3n) is 7.98. The second-order valence-corrected chi connectivity index (χ2v) is 15.8. The normalized spacial score (nSPS) is 12.2. The molecule has 1 unspecified atom stereocenters. The van der Waals surface area contributed by atoms with E-state index in [4.69, 9.17) is 5.11 Å². The van der Waals surface area contributed by atoms with Gasteiger partial charge in [0.2, 0.25) is 0 Å². The van der Waals surface area contributed by atoms with Gasteiger partial charge in [-0.15, -0.1) is 0 Å². The Morgan fingerprint density at radius 3 is 0.627 bits per heavy atom. The number of hydrogen-bond acceptors (Lipinski definition) is 4. The molecule has 0 radical (unpaired) electrons. The van der Waals surface area contributed by atoms with Crippen molar-refractivity contribution in [3.63, 3.8) is 0 Å². The van der Waals surface area contributed by atoms with E-state index in [9.17, 15) is 0 Å². The number of likely N-dealkylation sites (tertiary alicyclic amines) is 1. The predicted octanol–water partition coefficient (Wildman–Crippen LogP) is 24.7. The summed E-state index contributed by atoms with van der Waals surface area (Å²) >= 11 is 0. The molecule has 5 aromatic carbocycles. The molecule has 4 nitrogen and oxygen atoms in total. The number of nitrogens with zero attached hydrogens (tertiary/aromatic N) is 3. The molecule has 0 amide bonds. The molecule has 1 aliphatic carbocycles. The minimum absolute atomic E-state index is 0. The van der Waals surface area contributed by atoms with Gasteiger partial charge in [0.05, 0.1) is 0 Å². The van der Waals surface area contributed by atoms with Crippen LogP contribution in [-0.2, 0) is 0 Å². The van der Waals surface area contributed by atoms with E-state index in [2.05, 4.69) is 63.6 Å². The predicted molar refractivity (Wildman–Crippen MR) is 361 cm³/mol. The van der Waals surface area contributed by atoms with Gasteiger partial charge in [-0.25, -0.2) is 0 Å². The van der Waals surface area contributed by atoms with Gasteiger partial charge in [0.1, 0.15) is 0 Å². The zero-order chi connectivity index (χ0) is 54.5. The van der Waals surface area contributed by atoms with Crippen LogP contribution in [0.5, 0.6) is 0 Å². The van der Waals surface area contributed by atoms with Crippen molar-refractivity contribution in [2.75, 3.05) is 40.3 Å². The highest BCUT2D eigenvalue weighted by Crippen LogP contribution is 2.27. The highest BCUT2D eigenvalue weighted by molar-refractivity contribution is 5.01. The maximum absolute atomic E-state index is 8.62. The molecular weight excluding hydrogens is 911 g/mol. The fraction of sp³-hybridized carbons (Fsp3) is 0.577. The first-order valence-electron chi connectivity index (χ1n) is 27.0. The van der Waals surface area contributed by atoms with E-state index >= 15 is 0 Å². The standard InChI is InChI=1S/C8H17NO.C8H16.5C6H6.C5H12.C2H6N2.6C2H6.6CH4/c1-8(3-6-10)7-9-4-2-5-9;1-7-3-5-8(2)6-4-7;5*1-2-4-6-5-3-1;1-5(2,3)4;1-3-4-2;6*1-2;;;;;;/h8,10H,2-7H2,1H3;7-8H,3-6H2,1-2H3;5*1-6H;1-4H3;1-2H3;6*1-2H3;6*1H4. The molecule has 0 spiro atoms. The van der Waals surface area contributed by atoms with Crippen LogP contribution in [0.1, 0.15) is 215 Å². The quantitative estimate of drug-likeness (QED) is 0.182. The zero-order valence-electron chi connectivity index (χ0n) is 49.4. The maximum Gasteiger partial charge on any atom is 0.0487 e. The van der Waals surface area contributed by atoms with Gasteiger partial charge in [-0.05, 0) is 49.1 Å². The molecule has 7 rings (SSSR count). The van der Waals surface area contributed by atoms with E-state index < -0.39 is 0 Å². The average Bonchev–Trinajstić information content (AvgIpc) is 3.43. The largest absolute Gasteiger partial charge is 0.396 e. The Balaban J connectivity index is -0.0000000452. The number of benzene rings is 5. The van der Waals surface area contributed by atoms with Gasteiger partial charge in [-0.3, -0.25) is 0 Å². The first-order valence-corrected chi connectivity index (χ1v) is 27.0. The zero-order valence-corrected chi connectivity index (χ0v) is 49.4. The summed E-state index contributed by atoms with van der Waals surface area (Å²) in [5.74, 6) is 2.71. The van der Waals surface area contributed by atoms with Crippen molar-refractivity contribution in [2.45, 2.75) is 215 Å². The Morgan fingerprint density at radius 2 is 0.533 bits per heavy atom. The molecule has 5 aromatic rings. The Morgan fingerprint density at radius 1 is 0.387 bits per heavy atom. The van der Waals surface area contributed by atoms with Crippen LogP contribution >= 0.6 is 0 Å². The minimum atomic E-state index is 0. The summed E-state index contributed by atoms with van der Waals surface area (Å²) < 4.78 is 0. The Hall–Kier alpha value is -4.38. The second-order valence-electron chi connectivity index (χ2n) is 15.8. The molecule has 1 saturated carbocycles. The van der Waals surface area contributed by atoms with Gasteiger partial charge >= 0.3 is 0 Å². The monoisotopic (exact) mass is 1050 g/mol. The fourth-order valence-electron chi connectivity index (χ4n) is 4.67. The van der Waals surface area contributed by atoms with Crippen molar-refractivity contribution in [3.05, 3.63) is 182 Å². The fourth-order valence-corrected chi connectivity index (χ4v) is 4.67. The lowest BCUT2D eigenvalue weighted by atomic mass is 9.84. The second kappa shape index (κ2) is 106. The first-order chi connectivity index (χ1) is 33.5. The molecule has 1 heterocycles. The van der Waals surface area contributed by atoms with E-state index in [0.29, 0.717) is 17.9 Å². The van der Waals surface area contributed by atoms with Gasteiger partial charge in [0, 0.05) is 27.2 Å². The van der Waals surface area contributed by atoms with Crippen molar-refractivity contribution >= 4 is 0 Å². The van der Waals surface area contributed by atoms with Crippen LogP contribution in [0.15, 0.2) is 192 Å². The summed E-state index contributed by atoms with van der Waals surface area (Å²) in [4.78, 5) is 2.44. The Kier molecular flexibility index (Phi) is 151. The Bertz CT molecular complexity index is 1050. The summed E-state index contributed by atoms with van der Waals surface area (Å²) in [7, 11) is 3.28. The Labute approximate surface area is 478 Å². The van der Waals surface area contributed by atoms with Crippen LogP contribution < -0.4 is 0 Å². The van der Waals surface area contributed by atoms with E-state index in [-0.39, 0.29) is 44.6 Å². The van der Waals surface area contributed by atoms with Crippen LogP contribution in [-0.4, -0.2) is 50.3 Å². The van der Waals surface area contributed by atoms with Crippen LogP contribution in [0.3, 0.4) is 0 Å². The number of azo groups is 1. The highest BCUT2D eigenvalue weighted by atomic mass is 16.3. The summed E-state index contributed by atoms with van der Waals surface area (Å²) in [6, 6.07) is 60.0. The lowest BCUT2D eigenvalue weighted by Gasteiger charge is -2.32. The molecular formula is C71H141N3O. The summed E-state index contributed by atoms with van der Waals surface area (Å²) in [6.07, 6.45) is 8.22. The molecule has 75 heavy (non-hydrogen) atoms. The van der Waals surface area contributed by atoms with E-state index in [1.807, 2.05) is 265 Å². The summed E-state index contributed by atoms with van der Waals surface area (Å²) in [6.45, 7) is 43.8. The van der Waals surface area contributed by atoms with Gasteiger partial charge in [0.15, 0.2) is 0 Å². The van der Waals surface area contributed by atoms with Gasteiger partial charge in [-0.1, -0.05) is 384 Å². The molecule has 0 bridgehead atoms. The summed E-state index contributed by atoms with van der Waals surface area (Å²) in [5, 5.41) is 15.3. The third-order valence-corrected chi connectivity index (χ3v) is 7.98. The molecule has 1 saturated heterocycles. The van der Waals surface area contributed by atoms with E-state index in [1.54, 1.807) is 14.1 Å². The molecule has 0 aromatic heterocycles. The van der Waals surface area contributed by atoms with Crippen molar-refractivity contribution < 1.29 is 5.11 Å². The molecule has 446 valence electrons. The van der Waals surface area contributed by atoms with Gasteiger partial charge in [-0.2, -0.15) is 10.2 Å². The van der Waals surface area contributed by atoms with Crippen LogP contribution in [0.25, 0.3) is 0 Å². The number of aliphatic hydroxyl groups is 1. The van der Waals surface area contributed by atoms with Gasteiger partial charge < -0.3 is 10.0 Å². The van der Waals surface area contributed by atoms with Crippen LogP contribution in [0.4, 0.5) is 0 Å². The van der Waals surface area contributed by atoms with E-state index in [0.717, 1.165) is 18.3 Å². The molecule has 1 atom stereocenters. The third kappa shape index (κ3) is 129. The van der Waals surface area contributed by atoms with Crippen molar-refractivity contribution in [2.24, 2.45) is 33.4 Å². The van der Waals surface area contributed by atoms with Gasteiger partial charge in [0.25, 0.3) is 0 Å². The smallest absolute Gasteiger partial charge is 0.0487 e. The topological polar surface area (TPSA) is 48.2 Å². The molecule has 1 aliphatic heterocycles. The summed E-state index contributed by atoms with van der Waals surface area (Å²) in [5.41, 5.74) is 0.500. The lowest BCUT2D eigenvalue weighted by molar-refractivity contribution is 0.143. The molecule has 1 N–H and O–H groups in total. The first kappa shape index (κ1) is 107. The number of aliphatic hydroxyl groups excluding tert-OH is 1. The van der Waals surface area contributed by atoms with Crippen molar-refractivity contribution in [3.8, 4) is 0 Å². The van der Waals surface area contributed by atoms with Crippen molar-refractivity contribution in [1.82, 2.24) is 4.90 Å². The highest BCUT2D eigenvalue weighted by Gasteiger charge is 2.15. The molecule has 2 fully saturated rings. The van der Waals surface area contributed by atoms with E-state index in [1.165, 1.54) is 51.7 Å². The molecule has 4 heteroatoms. The van der Waals surface area contributed by atoms with Crippen molar-refractivity contribution in [1.29, 1.82) is 0 Å². The average molecular weight is 1050 g/mol. The minimum Gasteiger partial charge on any atom is -0.396 e. The van der Waals surface area contributed by atoms with Crippen LogP contribution in [0.2, 0.25) is 0 Å². The SMILES string of the molecule is C.C.C.C.C.C.CC.CC.CC.CC.CC.CC.CC(C)(C)C.CC(CCO)CN1CCC1.CC1CCC(C)CC1.CN=NC.c1ccccc1.c1ccccc1.c1ccccc1.c1ccccc1.c1ccccc1. The maximum atomic E-state index is 8.62. The number of hydrogen-bond donors (Lipinski definition) is 1. The molecule has 2 aliphatic rings. The van der Waals surface area contributed by atoms with Crippen LogP contribution in [0, 0.1) is 23.2 Å². The number of rotatable bonds is 4.